The number of aliphatic imine (C=N–C) groups is 1. The number of carbonyl (C=O) groups excluding carboxylic acids is 2. The molecule has 2 aromatic carbocycles. The lowest BCUT2D eigenvalue weighted by atomic mass is 9.85. The minimum absolute atomic E-state index is 0.0752. The normalized spacial score (nSPS) is 15.2. The van der Waals surface area contributed by atoms with E-state index >= 15 is 0 Å². The fourth-order valence-electron chi connectivity index (χ4n) is 3.13. The lowest BCUT2D eigenvalue weighted by molar-refractivity contribution is -0.114. The van der Waals surface area contributed by atoms with Gasteiger partial charge in [0.2, 0.25) is 5.91 Å². The number of carbonyl (C=O) groups is 2. The monoisotopic (exact) mass is 377 g/mol. The van der Waals surface area contributed by atoms with E-state index in [4.69, 9.17) is 10.7 Å². The van der Waals surface area contributed by atoms with Gasteiger partial charge in [-0.25, -0.2) is 0 Å². The van der Waals surface area contributed by atoms with Gasteiger partial charge in [0.1, 0.15) is 0 Å². The third-order valence-corrected chi connectivity index (χ3v) is 4.27. The van der Waals surface area contributed by atoms with Crippen LogP contribution in [0.4, 0.5) is 11.4 Å². The van der Waals surface area contributed by atoms with Crippen molar-refractivity contribution in [2.75, 3.05) is 10.7 Å². The molecule has 28 heavy (non-hydrogen) atoms. The van der Waals surface area contributed by atoms with Crippen LogP contribution < -0.4 is 16.5 Å². The first-order chi connectivity index (χ1) is 13.2. The van der Waals surface area contributed by atoms with Gasteiger partial charge in [-0.15, -0.1) is 0 Å². The van der Waals surface area contributed by atoms with Crippen LogP contribution in [0.1, 0.15) is 31.9 Å². The zero-order valence-electron chi connectivity index (χ0n) is 16.1. The van der Waals surface area contributed by atoms with E-state index in [1.54, 1.807) is 24.3 Å². The summed E-state index contributed by atoms with van der Waals surface area (Å²) in [4.78, 5) is 28.0. The molecule has 0 bridgehead atoms. The fourth-order valence-corrected chi connectivity index (χ4v) is 3.13. The minimum Gasteiger partial charge on any atom is -0.364 e. The summed E-state index contributed by atoms with van der Waals surface area (Å²) in [6, 6.07) is 14.8. The van der Waals surface area contributed by atoms with Crippen LogP contribution in [0.2, 0.25) is 0 Å². The third-order valence-electron chi connectivity index (χ3n) is 4.27. The summed E-state index contributed by atoms with van der Waals surface area (Å²) in [6.45, 7) is 5.46. The van der Waals surface area contributed by atoms with Gasteiger partial charge in [-0.05, 0) is 50.1 Å². The molecule has 7 nitrogen and oxygen atoms in total. The van der Waals surface area contributed by atoms with Crippen molar-refractivity contribution in [2.24, 2.45) is 15.8 Å². The Morgan fingerprint density at radius 2 is 1.71 bits per heavy atom. The number of primary amides is 1. The van der Waals surface area contributed by atoms with Gasteiger partial charge in [-0.2, -0.15) is 5.10 Å². The van der Waals surface area contributed by atoms with E-state index in [0.717, 1.165) is 17.5 Å². The number of hydrogen-bond donors (Lipinski definition) is 3. The second-order valence-electron chi connectivity index (χ2n) is 7.30. The van der Waals surface area contributed by atoms with Crippen LogP contribution >= 0.6 is 0 Å². The SMILES string of the molecule is CC(=O)Nc1ccc(NN=C(C(N)=O)C2=NC(C)(C)Cc3ccccc32)cc1. The summed E-state index contributed by atoms with van der Waals surface area (Å²) in [5, 5.41) is 6.94. The van der Waals surface area contributed by atoms with Crippen LogP contribution in [0.15, 0.2) is 58.6 Å². The summed E-state index contributed by atoms with van der Waals surface area (Å²) in [5.74, 6) is -0.806. The molecule has 2 aromatic rings. The predicted molar refractivity (Wildman–Crippen MR) is 112 cm³/mol. The van der Waals surface area contributed by atoms with Crippen LogP contribution in [-0.2, 0) is 16.0 Å². The highest BCUT2D eigenvalue weighted by Gasteiger charge is 2.30. The van der Waals surface area contributed by atoms with E-state index in [1.165, 1.54) is 6.92 Å². The van der Waals surface area contributed by atoms with E-state index in [9.17, 15) is 9.59 Å². The average molecular weight is 377 g/mol. The van der Waals surface area contributed by atoms with Crippen molar-refractivity contribution in [3.63, 3.8) is 0 Å². The number of nitrogens with one attached hydrogen (secondary N) is 2. The first-order valence-corrected chi connectivity index (χ1v) is 8.95. The Balaban J connectivity index is 1.92. The molecule has 0 fully saturated rings. The first kappa shape index (κ1) is 19.3. The second kappa shape index (κ2) is 7.64. The Morgan fingerprint density at radius 1 is 1.07 bits per heavy atom. The van der Waals surface area contributed by atoms with Gasteiger partial charge in [0, 0.05) is 18.2 Å². The Kier molecular flexibility index (Phi) is 5.26. The minimum atomic E-state index is -0.659. The molecule has 0 spiro atoms. The summed E-state index contributed by atoms with van der Waals surface area (Å²) in [7, 11) is 0. The van der Waals surface area contributed by atoms with Gasteiger partial charge < -0.3 is 11.1 Å². The maximum absolute atomic E-state index is 12.1. The number of fused-ring (bicyclic) bond motifs is 1. The standard InChI is InChI=1S/C21H23N5O2/c1-13(27)23-15-8-10-16(11-9-15)25-26-19(20(22)28)18-17-7-5-4-6-14(17)12-21(2,3)24-18/h4-11,25H,12H2,1-3H3,(H2,22,28)(H,23,27). The number of anilines is 2. The van der Waals surface area contributed by atoms with Crippen LogP contribution in [0, 0.1) is 0 Å². The predicted octanol–water partition coefficient (Wildman–Crippen LogP) is 2.72. The Bertz CT molecular complexity index is 975. The van der Waals surface area contributed by atoms with Gasteiger partial charge in [0.25, 0.3) is 5.91 Å². The zero-order chi connectivity index (χ0) is 20.3. The summed E-state index contributed by atoms with van der Waals surface area (Å²) < 4.78 is 0. The van der Waals surface area contributed by atoms with Crippen molar-refractivity contribution >= 4 is 34.6 Å². The van der Waals surface area contributed by atoms with Crippen LogP contribution in [-0.4, -0.2) is 28.8 Å². The second-order valence-corrected chi connectivity index (χ2v) is 7.30. The smallest absolute Gasteiger partial charge is 0.271 e. The van der Waals surface area contributed by atoms with Crippen molar-refractivity contribution in [1.82, 2.24) is 0 Å². The largest absolute Gasteiger partial charge is 0.364 e. The maximum atomic E-state index is 12.1. The lowest BCUT2D eigenvalue weighted by Gasteiger charge is -2.28. The van der Waals surface area contributed by atoms with Gasteiger partial charge in [0.15, 0.2) is 5.71 Å². The molecule has 1 aliphatic rings. The molecule has 0 atom stereocenters. The van der Waals surface area contributed by atoms with E-state index < -0.39 is 5.91 Å². The van der Waals surface area contributed by atoms with E-state index in [1.807, 2.05) is 38.1 Å². The highest BCUT2D eigenvalue weighted by atomic mass is 16.1. The Hall–Kier alpha value is -3.48. The Labute approximate surface area is 163 Å². The van der Waals surface area contributed by atoms with Gasteiger partial charge >= 0.3 is 0 Å². The van der Waals surface area contributed by atoms with Gasteiger partial charge in [-0.3, -0.25) is 20.0 Å². The van der Waals surface area contributed by atoms with Crippen molar-refractivity contribution in [1.29, 1.82) is 0 Å². The molecule has 144 valence electrons. The Morgan fingerprint density at radius 3 is 2.36 bits per heavy atom. The maximum Gasteiger partial charge on any atom is 0.271 e. The van der Waals surface area contributed by atoms with E-state index in [2.05, 4.69) is 15.8 Å². The third kappa shape index (κ3) is 4.43. The molecule has 1 aliphatic heterocycles. The number of rotatable bonds is 5. The quantitative estimate of drug-likeness (QED) is 0.550. The molecule has 2 amide bonds. The number of benzene rings is 2. The zero-order valence-corrected chi connectivity index (χ0v) is 16.1. The molecular formula is C21H23N5O2. The number of amides is 2. The molecule has 0 radical (unpaired) electrons. The number of hydrazone groups is 1. The fraction of sp³-hybridized carbons (Fsp3) is 0.238. The van der Waals surface area contributed by atoms with E-state index in [-0.39, 0.29) is 17.2 Å². The summed E-state index contributed by atoms with van der Waals surface area (Å²) in [6.07, 6.45) is 0.775. The average Bonchev–Trinajstić information content (AvgIpc) is 2.61. The molecule has 0 aliphatic carbocycles. The van der Waals surface area contributed by atoms with Crippen molar-refractivity contribution < 1.29 is 9.59 Å². The molecule has 4 N–H and O–H groups in total. The van der Waals surface area contributed by atoms with Crippen LogP contribution in [0.3, 0.4) is 0 Å². The summed E-state index contributed by atoms with van der Waals surface area (Å²) >= 11 is 0. The molecule has 0 saturated carbocycles. The van der Waals surface area contributed by atoms with Crippen LogP contribution in [0.5, 0.6) is 0 Å². The van der Waals surface area contributed by atoms with E-state index in [0.29, 0.717) is 17.1 Å². The first-order valence-electron chi connectivity index (χ1n) is 8.95. The molecular weight excluding hydrogens is 354 g/mol. The molecule has 7 heteroatoms. The summed E-state index contributed by atoms with van der Waals surface area (Å²) in [5.41, 5.74) is 12.0. The molecule has 0 saturated heterocycles. The van der Waals surface area contributed by atoms with Gasteiger partial charge in [0.05, 0.1) is 16.9 Å². The molecule has 1 heterocycles. The number of hydrogen-bond acceptors (Lipinski definition) is 5. The highest BCUT2D eigenvalue weighted by Crippen LogP contribution is 2.27. The van der Waals surface area contributed by atoms with Crippen molar-refractivity contribution in [3.05, 3.63) is 59.7 Å². The highest BCUT2D eigenvalue weighted by molar-refractivity contribution is 6.70. The number of nitrogens with zero attached hydrogens (tertiary/aromatic N) is 2. The molecule has 0 unspecified atom stereocenters. The number of nitrogens with two attached hydrogens (primary N) is 1. The van der Waals surface area contributed by atoms with Crippen molar-refractivity contribution in [3.8, 4) is 0 Å². The van der Waals surface area contributed by atoms with Gasteiger partial charge in [-0.1, -0.05) is 24.3 Å². The lowest BCUT2D eigenvalue weighted by Crippen LogP contribution is -2.38. The molecule has 0 aromatic heterocycles. The van der Waals surface area contributed by atoms with Crippen molar-refractivity contribution in [2.45, 2.75) is 32.7 Å². The van der Waals surface area contributed by atoms with Crippen LogP contribution in [0.25, 0.3) is 0 Å². The topological polar surface area (TPSA) is 109 Å². The molecule has 3 rings (SSSR count).